The summed E-state index contributed by atoms with van der Waals surface area (Å²) in [6, 6.07) is 7.19. The number of nitrogens with zero attached hydrogens (tertiary/aromatic N) is 1. The molecule has 128 valence electrons. The van der Waals surface area contributed by atoms with Crippen molar-refractivity contribution in [1.29, 1.82) is 0 Å². The molecule has 0 saturated carbocycles. The Morgan fingerprint density at radius 1 is 1.08 bits per heavy atom. The number of nitrogens with one attached hydrogen (secondary N) is 3. The first-order valence-corrected chi connectivity index (χ1v) is 7.42. The van der Waals surface area contributed by atoms with Gasteiger partial charge in [-0.15, -0.1) is 0 Å². The van der Waals surface area contributed by atoms with Crippen LogP contribution in [-0.4, -0.2) is 22.0 Å². The number of carbonyl (C=O) groups excluding carboxylic acids is 2. The Morgan fingerprint density at radius 3 is 2.32 bits per heavy atom. The number of aryl methyl sites for hydroxylation is 2. The average molecular weight is 342 g/mol. The molecule has 0 spiro atoms. The van der Waals surface area contributed by atoms with Crippen LogP contribution in [0.2, 0.25) is 0 Å². The third-order valence-electron chi connectivity index (χ3n) is 3.59. The third-order valence-corrected chi connectivity index (χ3v) is 3.59. The molecule has 0 unspecified atom stereocenters. The molecule has 0 saturated heterocycles. The summed E-state index contributed by atoms with van der Waals surface area (Å²) >= 11 is 0. The Kier molecular flexibility index (Phi) is 4.34. The standard InChI is InChI=1S/C17H15FN4O3/c1-9-7-13(10(2)25-9)16(23)21-22-17(24)14-8-19-20-15(14)11-3-5-12(18)6-4-11/h3-8H,1-2H3,(H,19,20)(H,21,23)(H,22,24). The van der Waals surface area contributed by atoms with Crippen molar-refractivity contribution in [3.63, 3.8) is 0 Å². The smallest absolute Gasteiger partial charge is 0.273 e. The number of hydrogen-bond acceptors (Lipinski definition) is 4. The number of rotatable bonds is 3. The van der Waals surface area contributed by atoms with Crippen molar-refractivity contribution < 1.29 is 18.4 Å². The number of amides is 2. The Balaban J connectivity index is 1.72. The van der Waals surface area contributed by atoms with Gasteiger partial charge in [0.15, 0.2) is 0 Å². The molecule has 7 nitrogen and oxygen atoms in total. The lowest BCUT2D eigenvalue weighted by Crippen LogP contribution is -2.41. The van der Waals surface area contributed by atoms with E-state index < -0.39 is 11.8 Å². The van der Waals surface area contributed by atoms with Gasteiger partial charge in [0.25, 0.3) is 11.8 Å². The van der Waals surface area contributed by atoms with Gasteiger partial charge in [-0.1, -0.05) is 0 Å². The zero-order valence-electron chi connectivity index (χ0n) is 13.5. The first-order chi connectivity index (χ1) is 12.0. The quantitative estimate of drug-likeness (QED) is 0.637. The third kappa shape index (κ3) is 3.42. The summed E-state index contributed by atoms with van der Waals surface area (Å²) in [5, 5.41) is 6.53. The molecule has 3 rings (SSSR count). The molecule has 0 aliphatic heterocycles. The number of benzene rings is 1. The maximum atomic E-state index is 13.0. The van der Waals surface area contributed by atoms with Crippen LogP contribution in [0.3, 0.4) is 0 Å². The fourth-order valence-corrected chi connectivity index (χ4v) is 2.40. The summed E-state index contributed by atoms with van der Waals surface area (Å²) in [5.74, 6) is -0.372. The predicted octanol–water partition coefficient (Wildman–Crippen LogP) is 2.50. The molecule has 0 fully saturated rings. The highest BCUT2D eigenvalue weighted by Crippen LogP contribution is 2.21. The van der Waals surface area contributed by atoms with Crippen LogP contribution in [0.1, 0.15) is 32.2 Å². The monoisotopic (exact) mass is 342 g/mol. The van der Waals surface area contributed by atoms with Gasteiger partial charge in [0.05, 0.1) is 23.0 Å². The summed E-state index contributed by atoms with van der Waals surface area (Å²) in [6.07, 6.45) is 1.33. The molecule has 3 aromatic rings. The SMILES string of the molecule is Cc1cc(C(=O)NNC(=O)c2cn[nH]c2-c2ccc(F)cc2)c(C)o1. The number of aromatic amines is 1. The lowest BCUT2D eigenvalue weighted by molar-refractivity contribution is 0.0846. The van der Waals surface area contributed by atoms with Crippen molar-refractivity contribution in [2.45, 2.75) is 13.8 Å². The lowest BCUT2D eigenvalue weighted by Gasteiger charge is -2.07. The van der Waals surface area contributed by atoms with Crippen molar-refractivity contribution >= 4 is 11.8 Å². The first-order valence-electron chi connectivity index (χ1n) is 7.42. The first kappa shape index (κ1) is 16.4. The fraction of sp³-hybridized carbons (Fsp3) is 0.118. The Morgan fingerprint density at radius 2 is 1.72 bits per heavy atom. The summed E-state index contributed by atoms with van der Waals surface area (Å²) < 4.78 is 18.3. The Hall–Kier alpha value is -3.42. The largest absolute Gasteiger partial charge is 0.466 e. The van der Waals surface area contributed by atoms with Crippen LogP contribution in [0.5, 0.6) is 0 Å². The molecule has 0 bridgehead atoms. The molecule has 2 amide bonds. The van der Waals surface area contributed by atoms with Gasteiger partial charge in [0.1, 0.15) is 17.3 Å². The minimum atomic E-state index is -0.556. The van der Waals surface area contributed by atoms with E-state index in [2.05, 4.69) is 21.0 Å². The zero-order chi connectivity index (χ0) is 18.0. The Labute approximate surface area is 142 Å². The average Bonchev–Trinajstić information content (AvgIpc) is 3.19. The van der Waals surface area contributed by atoms with E-state index in [0.29, 0.717) is 28.3 Å². The van der Waals surface area contributed by atoms with Crippen molar-refractivity contribution in [2.75, 3.05) is 0 Å². The van der Waals surface area contributed by atoms with Crippen LogP contribution in [0.25, 0.3) is 11.3 Å². The van der Waals surface area contributed by atoms with Crippen molar-refractivity contribution in [2.24, 2.45) is 0 Å². The number of furan rings is 1. The summed E-state index contributed by atoms with van der Waals surface area (Å²) in [5.41, 5.74) is 6.22. The maximum absolute atomic E-state index is 13.0. The van der Waals surface area contributed by atoms with Gasteiger partial charge >= 0.3 is 0 Å². The molecule has 3 N–H and O–H groups in total. The van der Waals surface area contributed by atoms with Crippen LogP contribution in [-0.2, 0) is 0 Å². The van der Waals surface area contributed by atoms with Crippen LogP contribution < -0.4 is 10.9 Å². The second-order valence-electron chi connectivity index (χ2n) is 5.40. The van der Waals surface area contributed by atoms with E-state index in [0.717, 1.165) is 0 Å². The van der Waals surface area contributed by atoms with Crippen LogP contribution in [0.4, 0.5) is 4.39 Å². The Bertz CT molecular complexity index is 928. The van der Waals surface area contributed by atoms with Gasteiger partial charge < -0.3 is 4.42 Å². The van der Waals surface area contributed by atoms with Crippen LogP contribution >= 0.6 is 0 Å². The molecule has 0 radical (unpaired) electrons. The second kappa shape index (κ2) is 6.60. The molecule has 0 aliphatic rings. The highest BCUT2D eigenvalue weighted by atomic mass is 19.1. The van der Waals surface area contributed by atoms with Crippen molar-refractivity contribution in [1.82, 2.24) is 21.0 Å². The van der Waals surface area contributed by atoms with E-state index >= 15 is 0 Å². The number of carbonyl (C=O) groups is 2. The highest BCUT2D eigenvalue weighted by Gasteiger charge is 2.18. The number of H-pyrrole nitrogens is 1. The van der Waals surface area contributed by atoms with Crippen LogP contribution in [0.15, 0.2) is 40.9 Å². The van der Waals surface area contributed by atoms with E-state index in [1.807, 2.05) is 0 Å². The van der Waals surface area contributed by atoms with E-state index in [9.17, 15) is 14.0 Å². The van der Waals surface area contributed by atoms with Crippen molar-refractivity contribution in [3.05, 3.63) is 65.0 Å². The highest BCUT2D eigenvalue weighted by molar-refractivity contribution is 6.02. The van der Waals surface area contributed by atoms with Gasteiger partial charge in [-0.05, 0) is 44.2 Å². The molecule has 0 atom stereocenters. The van der Waals surface area contributed by atoms with Gasteiger partial charge in [-0.25, -0.2) is 4.39 Å². The lowest BCUT2D eigenvalue weighted by atomic mass is 10.1. The number of halogens is 1. The fourth-order valence-electron chi connectivity index (χ4n) is 2.40. The normalized spacial score (nSPS) is 10.5. The topological polar surface area (TPSA) is 100 Å². The zero-order valence-corrected chi connectivity index (χ0v) is 13.5. The van der Waals surface area contributed by atoms with Gasteiger partial charge in [0.2, 0.25) is 0 Å². The van der Waals surface area contributed by atoms with Gasteiger partial charge in [-0.3, -0.25) is 25.5 Å². The van der Waals surface area contributed by atoms with Crippen LogP contribution in [0, 0.1) is 19.7 Å². The molecule has 25 heavy (non-hydrogen) atoms. The molecule has 2 aromatic heterocycles. The molecular weight excluding hydrogens is 327 g/mol. The van der Waals surface area contributed by atoms with E-state index in [4.69, 9.17) is 4.42 Å². The minimum Gasteiger partial charge on any atom is -0.466 e. The predicted molar refractivity (Wildman–Crippen MR) is 87.1 cm³/mol. The minimum absolute atomic E-state index is 0.215. The van der Waals surface area contributed by atoms with E-state index in [1.165, 1.54) is 30.5 Å². The van der Waals surface area contributed by atoms with Gasteiger partial charge in [-0.2, -0.15) is 5.10 Å². The molecule has 0 aliphatic carbocycles. The molecule has 1 aromatic carbocycles. The second-order valence-corrected chi connectivity index (χ2v) is 5.40. The molecular formula is C17H15FN4O3. The number of hydrazine groups is 1. The van der Waals surface area contributed by atoms with Crippen molar-refractivity contribution in [3.8, 4) is 11.3 Å². The maximum Gasteiger partial charge on any atom is 0.273 e. The summed E-state index contributed by atoms with van der Waals surface area (Å²) in [6.45, 7) is 3.38. The number of hydrogen-bond donors (Lipinski definition) is 3. The van der Waals surface area contributed by atoms with E-state index in [1.54, 1.807) is 19.9 Å². The molecule has 8 heteroatoms. The summed E-state index contributed by atoms with van der Waals surface area (Å²) in [4.78, 5) is 24.4. The van der Waals surface area contributed by atoms with E-state index in [-0.39, 0.29) is 11.4 Å². The van der Waals surface area contributed by atoms with Gasteiger partial charge in [0, 0.05) is 5.56 Å². The molecule has 2 heterocycles. The number of aromatic nitrogens is 2. The summed E-state index contributed by atoms with van der Waals surface area (Å²) in [7, 11) is 0.